The molecular formula is C27H50NO6P. The van der Waals surface area contributed by atoms with E-state index in [0.29, 0.717) is 19.4 Å². The molecule has 0 saturated heterocycles. The summed E-state index contributed by atoms with van der Waals surface area (Å²) in [6.07, 6.45) is 16.4. The van der Waals surface area contributed by atoms with Gasteiger partial charge >= 0.3 is 7.82 Å². The number of phosphoric ester groups is 1. The summed E-state index contributed by atoms with van der Waals surface area (Å²) in [7, 11) is -1.15. The molecule has 0 heterocycles. The van der Waals surface area contributed by atoms with Gasteiger partial charge in [-0.05, 0) is 93.0 Å². The lowest BCUT2D eigenvalue weighted by atomic mass is 10.0. The van der Waals surface area contributed by atoms with Gasteiger partial charge in [-0.25, -0.2) is 4.57 Å². The third-order valence-corrected chi connectivity index (χ3v) is 6.22. The normalized spacial score (nSPS) is 15.3. The quantitative estimate of drug-likeness (QED) is 0.0955. The fourth-order valence-electron chi connectivity index (χ4n) is 3.39. The minimum Gasteiger partial charge on any atom is -0.356 e. The van der Waals surface area contributed by atoms with Crippen LogP contribution in [0.5, 0.6) is 0 Å². The summed E-state index contributed by atoms with van der Waals surface area (Å²) in [5.74, 6) is 0. The van der Waals surface area contributed by atoms with Gasteiger partial charge in [0.05, 0.1) is 13.2 Å². The molecule has 0 aliphatic carbocycles. The molecule has 0 aromatic carbocycles. The fraction of sp³-hybridized carbons (Fsp3) is 0.704. The van der Waals surface area contributed by atoms with Crippen LogP contribution in [-0.4, -0.2) is 49.5 Å². The molecule has 0 aliphatic rings. The molecule has 2 unspecified atom stereocenters. The zero-order valence-corrected chi connectivity index (χ0v) is 23.9. The Morgan fingerprint density at radius 1 is 0.857 bits per heavy atom. The molecule has 0 aromatic heterocycles. The molecular weight excluding hydrogens is 465 g/mol. The highest BCUT2D eigenvalue weighted by Crippen LogP contribution is 2.35. The number of hydrogen-bond donors (Lipinski definition) is 3. The van der Waals surface area contributed by atoms with Crippen LogP contribution in [0.4, 0.5) is 0 Å². The van der Waals surface area contributed by atoms with Crippen molar-refractivity contribution in [3.8, 4) is 0 Å². The summed E-state index contributed by atoms with van der Waals surface area (Å²) < 4.78 is 26.6. The second-order valence-corrected chi connectivity index (χ2v) is 10.6. The first-order valence-electron chi connectivity index (χ1n) is 12.6. The largest absolute Gasteiger partial charge is 0.469 e. The van der Waals surface area contributed by atoms with Crippen molar-refractivity contribution in [2.24, 2.45) is 0 Å². The first kappa shape index (κ1) is 34.0. The summed E-state index contributed by atoms with van der Waals surface area (Å²) in [6.45, 7) is 11.2. The summed E-state index contributed by atoms with van der Waals surface area (Å²) in [5, 5.41) is 2.99. The fourth-order valence-corrected chi connectivity index (χ4v) is 3.76. The Kier molecular flexibility index (Phi) is 19.5. The van der Waals surface area contributed by atoms with Gasteiger partial charge < -0.3 is 24.6 Å². The van der Waals surface area contributed by atoms with Gasteiger partial charge in [-0.3, -0.25) is 4.52 Å². The molecule has 8 heteroatoms. The van der Waals surface area contributed by atoms with Crippen LogP contribution in [0.3, 0.4) is 0 Å². The van der Waals surface area contributed by atoms with Gasteiger partial charge in [0.1, 0.15) is 0 Å². The highest BCUT2D eigenvalue weighted by molar-refractivity contribution is 7.46. The lowest BCUT2D eigenvalue weighted by molar-refractivity contribution is -0.120. The highest BCUT2D eigenvalue weighted by Gasteiger charge is 2.18. The lowest BCUT2D eigenvalue weighted by Crippen LogP contribution is -2.31. The standard InChI is InChI=1S/C27H50NO6P/c1-22(2)11-8-12-23(3)13-9-14-24(4)15-10-16-25(5)19-20-33-27(32-7)18-17-26(28-6)21-34-35(29,30)31/h11,13,15,19,26-28H,8-10,12,14,16-18,20-21H2,1-7H3,(H2,29,30,31). The molecule has 0 fully saturated rings. The molecule has 0 bridgehead atoms. The zero-order valence-electron chi connectivity index (χ0n) is 23.0. The van der Waals surface area contributed by atoms with Gasteiger partial charge in [0, 0.05) is 13.2 Å². The van der Waals surface area contributed by atoms with Crippen LogP contribution in [0.2, 0.25) is 0 Å². The maximum Gasteiger partial charge on any atom is 0.469 e. The van der Waals surface area contributed by atoms with E-state index in [1.54, 1.807) is 14.2 Å². The number of allylic oxidation sites excluding steroid dienone is 7. The Balaban J connectivity index is 4.23. The van der Waals surface area contributed by atoms with Crippen LogP contribution in [0, 0.1) is 0 Å². The van der Waals surface area contributed by atoms with Gasteiger partial charge in [-0.15, -0.1) is 0 Å². The van der Waals surface area contributed by atoms with E-state index in [4.69, 9.17) is 19.3 Å². The minimum absolute atomic E-state index is 0.0741. The first-order chi connectivity index (χ1) is 16.5. The number of methoxy groups -OCH3 is 1. The average molecular weight is 516 g/mol. The van der Waals surface area contributed by atoms with Crippen LogP contribution in [0.25, 0.3) is 0 Å². The van der Waals surface area contributed by atoms with Crippen LogP contribution >= 0.6 is 7.82 Å². The molecule has 0 saturated carbocycles. The minimum atomic E-state index is -4.47. The summed E-state index contributed by atoms with van der Waals surface area (Å²) >= 11 is 0. The summed E-state index contributed by atoms with van der Waals surface area (Å²) in [4.78, 5) is 17.7. The predicted molar refractivity (Wildman–Crippen MR) is 145 cm³/mol. The number of hydrogen-bond acceptors (Lipinski definition) is 5. The second-order valence-electron chi connectivity index (χ2n) is 9.40. The zero-order chi connectivity index (χ0) is 26.7. The Labute approximate surface area is 213 Å². The number of ether oxygens (including phenoxy) is 2. The molecule has 0 amide bonds. The first-order valence-corrected chi connectivity index (χ1v) is 14.1. The second kappa shape index (κ2) is 20.1. The van der Waals surface area contributed by atoms with Crippen molar-refractivity contribution in [2.75, 3.05) is 27.4 Å². The van der Waals surface area contributed by atoms with Crippen LogP contribution in [0.1, 0.15) is 86.0 Å². The van der Waals surface area contributed by atoms with Crippen LogP contribution in [0.15, 0.2) is 46.6 Å². The summed E-state index contributed by atoms with van der Waals surface area (Å²) in [5.41, 5.74) is 5.57. The predicted octanol–water partition coefficient (Wildman–Crippen LogP) is 6.60. The number of phosphoric acid groups is 1. The van der Waals surface area contributed by atoms with Gasteiger partial charge in [0.15, 0.2) is 6.29 Å². The molecule has 0 aliphatic heterocycles. The van der Waals surface area contributed by atoms with E-state index in [1.165, 1.54) is 22.3 Å². The molecule has 2 atom stereocenters. The maximum atomic E-state index is 10.9. The van der Waals surface area contributed by atoms with Gasteiger partial charge in [0.2, 0.25) is 0 Å². The van der Waals surface area contributed by atoms with E-state index in [1.807, 2.05) is 0 Å². The molecule has 0 aromatic rings. The lowest BCUT2D eigenvalue weighted by Gasteiger charge is -2.20. The van der Waals surface area contributed by atoms with Crippen molar-refractivity contribution < 1.29 is 28.3 Å². The van der Waals surface area contributed by atoms with Crippen molar-refractivity contribution in [3.63, 3.8) is 0 Å². The Morgan fingerprint density at radius 3 is 1.83 bits per heavy atom. The van der Waals surface area contributed by atoms with E-state index in [9.17, 15) is 4.57 Å². The smallest absolute Gasteiger partial charge is 0.356 e. The molecule has 35 heavy (non-hydrogen) atoms. The third kappa shape index (κ3) is 21.9. The topological polar surface area (TPSA) is 97.2 Å². The average Bonchev–Trinajstić information content (AvgIpc) is 2.76. The Hall–Kier alpha value is -1.05. The molecule has 0 spiro atoms. The van der Waals surface area contributed by atoms with Crippen molar-refractivity contribution in [3.05, 3.63) is 46.6 Å². The van der Waals surface area contributed by atoms with Crippen molar-refractivity contribution in [2.45, 2.75) is 98.3 Å². The molecule has 0 rings (SSSR count). The van der Waals surface area contributed by atoms with Crippen LogP contribution in [-0.2, 0) is 18.6 Å². The highest BCUT2D eigenvalue weighted by atomic mass is 31.2. The SMILES string of the molecule is CNC(CCC(OC)OCC=C(C)CCC=C(C)CCC=C(C)CCC=C(C)C)COP(=O)(O)O. The Morgan fingerprint density at radius 2 is 1.37 bits per heavy atom. The molecule has 7 nitrogen and oxygen atoms in total. The van der Waals surface area contributed by atoms with Gasteiger partial charge in [0.25, 0.3) is 0 Å². The molecule has 0 radical (unpaired) electrons. The van der Waals surface area contributed by atoms with Crippen LogP contribution < -0.4 is 5.32 Å². The summed E-state index contributed by atoms with van der Waals surface area (Å²) in [6, 6.07) is -0.196. The van der Waals surface area contributed by atoms with E-state index in [-0.39, 0.29) is 18.9 Å². The van der Waals surface area contributed by atoms with Gasteiger partial charge in [-0.2, -0.15) is 0 Å². The van der Waals surface area contributed by atoms with Crippen molar-refractivity contribution >= 4 is 7.82 Å². The third-order valence-electron chi connectivity index (χ3n) is 5.73. The molecule has 204 valence electrons. The maximum absolute atomic E-state index is 10.9. The molecule has 3 N–H and O–H groups in total. The number of rotatable bonds is 20. The van der Waals surface area contributed by atoms with E-state index >= 15 is 0 Å². The van der Waals surface area contributed by atoms with Gasteiger partial charge in [-0.1, -0.05) is 46.6 Å². The van der Waals surface area contributed by atoms with Crippen molar-refractivity contribution in [1.82, 2.24) is 5.32 Å². The van der Waals surface area contributed by atoms with E-state index in [2.05, 4.69) is 68.8 Å². The number of likely N-dealkylation sites (N-methyl/N-ethyl adjacent to an activating group) is 1. The van der Waals surface area contributed by atoms with Crippen molar-refractivity contribution in [1.29, 1.82) is 0 Å². The van der Waals surface area contributed by atoms with E-state index < -0.39 is 7.82 Å². The monoisotopic (exact) mass is 515 g/mol. The number of nitrogens with one attached hydrogen (secondary N) is 1. The Bertz CT molecular complexity index is 734. The van der Waals surface area contributed by atoms with E-state index in [0.717, 1.165) is 38.5 Å².